The molecule has 0 heterocycles. The molecule has 0 aliphatic heterocycles. The zero-order chi connectivity index (χ0) is 11.9. The van der Waals surface area contributed by atoms with Gasteiger partial charge in [-0.3, -0.25) is 0 Å². The Bertz CT molecular complexity index is 410. The van der Waals surface area contributed by atoms with E-state index in [0.717, 1.165) is 10.7 Å². The van der Waals surface area contributed by atoms with Crippen molar-refractivity contribution in [1.29, 1.82) is 0 Å². The van der Waals surface area contributed by atoms with E-state index in [9.17, 15) is 0 Å². The van der Waals surface area contributed by atoms with Gasteiger partial charge in [-0.25, -0.2) is 4.99 Å². The highest BCUT2D eigenvalue weighted by Crippen LogP contribution is 2.29. The van der Waals surface area contributed by atoms with Crippen molar-refractivity contribution < 1.29 is 0 Å². The molecule has 0 unspecified atom stereocenters. The van der Waals surface area contributed by atoms with E-state index >= 15 is 0 Å². The van der Waals surface area contributed by atoms with Gasteiger partial charge in [0, 0.05) is 5.25 Å². The Kier molecular flexibility index (Phi) is 4.70. The second-order valence-electron chi connectivity index (χ2n) is 4.27. The third-order valence-corrected chi connectivity index (χ3v) is 4.18. The number of terminal acetylenes is 1. The van der Waals surface area contributed by atoms with Crippen LogP contribution in [0.5, 0.6) is 0 Å². The number of benzene rings is 1. The summed E-state index contributed by atoms with van der Waals surface area (Å²) >= 11 is 1.77. The Hall–Kier alpha value is -1.20. The van der Waals surface area contributed by atoms with E-state index in [1.807, 2.05) is 30.3 Å². The van der Waals surface area contributed by atoms with Crippen molar-refractivity contribution in [2.45, 2.75) is 37.4 Å². The van der Waals surface area contributed by atoms with Gasteiger partial charge >= 0.3 is 0 Å². The first kappa shape index (κ1) is 12.3. The third-order valence-electron chi connectivity index (χ3n) is 2.94. The summed E-state index contributed by atoms with van der Waals surface area (Å²) in [5.41, 5.74) is 0.948. The minimum Gasteiger partial charge on any atom is -0.233 e. The normalized spacial score (nSPS) is 17.7. The minimum atomic E-state index is 0.669. The maximum absolute atomic E-state index is 5.54. The summed E-state index contributed by atoms with van der Waals surface area (Å²) in [4.78, 5) is 4.51. The molecule has 0 aromatic heterocycles. The van der Waals surface area contributed by atoms with Crippen molar-refractivity contribution in [3.8, 4) is 12.3 Å². The van der Waals surface area contributed by atoms with Crippen molar-refractivity contribution in [3.05, 3.63) is 30.3 Å². The van der Waals surface area contributed by atoms with Gasteiger partial charge < -0.3 is 0 Å². The van der Waals surface area contributed by atoms with Gasteiger partial charge in [-0.15, -0.1) is 6.42 Å². The van der Waals surface area contributed by atoms with Crippen LogP contribution in [0.3, 0.4) is 0 Å². The summed E-state index contributed by atoms with van der Waals surface area (Å²) in [7, 11) is 0. The second-order valence-corrected chi connectivity index (χ2v) is 5.56. The highest BCUT2D eigenvalue weighted by atomic mass is 32.2. The molecule has 0 bridgehead atoms. The summed E-state index contributed by atoms with van der Waals surface area (Å²) < 4.78 is 0. The predicted octanol–water partition coefficient (Wildman–Crippen LogP) is 4.42. The zero-order valence-corrected chi connectivity index (χ0v) is 10.7. The highest BCUT2D eigenvalue weighted by Gasteiger charge is 2.15. The maximum Gasteiger partial charge on any atom is 0.147 e. The van der Waals surface area contributed by atoms with E-state index in [1.54, 1.807) is 11.8 Å². The van der Waals surface area contributed by atoms with E-state index in [-0.39, 0.29) is 0 Å². The highest BCUT2D eigenvalue weighted by molar-refractivity contribution is 8.15. The molecule has 1 aliphatic rings. The first-order chi connectivity index (χ1) is 8.38. The number of hydrogen-bond donors (Lipinski definition) is 0. The fourth-order valence-corrected chi connectivity index (χ4v) is 3.16. The molecule has 0 radical (unpaired) electrons. The lowest BCUT2D eigenvalue weighted by Crippen LogP contribution is -2.10. The fraction of sp³-hybridized carbons (Fsp3) is 0.400. The van der Waals surface area contributed by atoms with E-state index in [1.165, 1.54) is 32.1 Å². The van der Waals surface area contributed by atoms with Crippen LogP contribution in [-0.4, -0.2) is 10.3 Å². The van der Waals surface area contributed by atoms with Gasteiger partial charge in [0.05, 0.1) is 5.69 Å². The summed E-state index contributed by atoms with van der Waals surface area (Å²) in [5, 5.41) is 1.49. The zero-order valence-electron chi connectivity index (χ0n) is 9.93. The van der Waals surface area contributed by atoms with Crippen LogP contribution in [0.4, 0.5) is 5.69 Å². The van der Waals surface area contributed by atoms with Gasteiger partial charge in [0.2, 0.25) is 0 Å². The number of nitrogens with zero attached hydrogens (tertiary/aromatic N) is 1. The summed E-state index contributed by atoms with van der Waals surface area (Å²) in [6, 6.07) is 9.93. The molecule has 1 aromatic carbocycles. The Morgan fingerprint density at radius 1 is 1.18 bits per heavy atom. The molecule has 1 aliphatic carbocycles. The van der Waals surface area contributed by atoms with Crippen molar-refractivity contribution in [3.63, 3.8) is 0 Å². The molecule has 1 nitrogen and oxygen atoms in total. The van der Waals surface area contributed by atoms with Crippen LogP contribution in [0.25, 0.3) is 0 Å². The summed E-state index contributed by atoms with van der Waals surface area (Å²) in [6.07, 6.45) is 12.1. The van der Waals surface area contributed by atoms with Crippen LogP contribution in [0.2, 0.25) is 0 Å². The molecule has 1 saturated carbocycles. The van der Waals surface area contributed by atoms with Gasteiger partial charge in [-0.05, 0) is 30.9 Å². The van der Waals surface area contributed by atoms with Crippen molar-refractivity contribution in [2.75, 3.05) is 0 Å². The first-order valence-corrected chi connectivity index (χ1v) is 7.03. The van der Waals surface area contributed by atoms with Gasteiger partial charge in [-0.2, -0.15) is 0 Å². The van der Waals surface area contributed by atoms with Gasteiger partial charge in [0.25, 0.3) is 0 Å². The lowest BCUT2D eigenvalue weighted by atomic mass is 10.0. The smallest absolute Gasteiger partial charge is 0.147 e. The summed E-state index contributed by atoms with van der Waals surface area (Å²) in [6.45, 7) is 0. The van der Waals surface area contributed by atoms with E-state index < -0.39 is 0 Å². The van der Waals surface area contributed by atoms with E-state index in [2.05, 4.69) is 10.9 Å². The molecule has 0 saturated heterocycles. The van der Waals surface area contributed by atoms with Crippen LogP contribution in [0, 0.1) is 12.3 Å². The molecule has 2 heteroatoms. The molecule has 0 spiro atoms. The lowest BCUT2D eigenvalue weighted by molar-refractivity contribution is 0.517. The molecule has 0 amide bonds. The largest absolute Gasteiger partial charge is 0.233 e. The van der Waals surface area contributed by atoms with E-state index in [4.69, 9.17) is 6.42 Å². The third kappa shape index (κ3) is 3.94. The van der Waals surface area contributed by atoms with Crippen LogP contribution in [0.1, 0.15) is 32.1 Å². The topological polar surface area (TPSA) is 12.4 Å². The molecule has 0 atom stereocenters. The van der Waals surface area contributed by atoms with Gasteiger partial charge in [0.1, 0.15) is 5.04 Å². The molecule has 1 fully saturated rings. The van der Waals surface area contributed by atoms with Crippen LogP contribution < -0.4 is 0 Å². The number of hydrogen-bond acceptors (Lipinski definition) is 2. The number of para-hydroxylation sites is 1. The van der Waals surface area contributed by atoms with E-state index in [0.29, 0.717) is 5.25 Å². The standard InChI is InChI=1S/C15H17NS/c1-2-15(16-13-9-5-3-6-10-13)17-14-11-7-4-8-12-14/h1,3,5-6,9-10,14H,4,7-8,11-12H2. The predicted molar refractivity (Wildman–Crippen MR) is 76.8 cm³/mol. The number of rotatable bonds is 2. The molecule has 2 rings (SSSR count). The lowest BCUT2D eigenvalue weighted by Gasteiger charge is -2.20. The Morgan fingerprint density at radius 2 is 1.88 bits per heavy atom. The Balaban J connectivity index is 2.01. The second kappa shape index (κ2) is 6.51. The molecule has 88 valence electrons. The average Bonchev–Trinajstić information content (AvgIpc) is 2.40. The molecular weight excluding hydrogens is 226 g/mol. The Morgan fingerprint density at radius 3 is 2.53 bits per heavy atom. The molecule has 17 heavy (non-hydrogen) atoms. The fourth-order valence-electron chi connectivity index (χ4n) is 2.05. The number of aliphatic imine (C=N–C) groups is 1. The first-order valence-electron chi connectivity index (χ1n) is 6.15. The minimum absolute atomic E-state index is 0.669. The average molecular weight is 243 g/mol. The number of thioether (sulfide) groups is 1. The maximum atomic E-state index is 5.54. The van der Waals surface area contributed by atoms with Gasteiger partial charge in [-0.1, -0.05) is 49.2 Å². The van der Waals surface area contributed by atoms with Crippen molar-refractivity contribution >= 4 is 22.5 Å². The van der Waals surface area contributed by atoms with Crippen molar-refractivity contribution in [2.24, 2.45) is 4.99 Å². The van der Waals surface area contributed by atoms with Crippen LogP contribution >= 0.6 is 11.8 Å². The van der Waals surface area contributed by atoms with Crippen LogP contribution in [0.15, 0.2) is 35.3 Å². The quantitative estimate of drug-likeness (QED) is 0.425. The SMILES string of the molecule is C#CC(=Nc1ccccc1)SC1CCCCC1. The van der Waals surface area contributed by atoms with Crippen LogP contribution in [-0.2, 0) is 0 Å². The van der Waals surface area contributed by atoms with Crippen molar-refractivity contribution in [1.82, 2.24) is 0 Å². The molecular formula is C15H17NS. The summed E-state index contributed by atoms with van der Waals surface area (Å²) in [5.74, 6) is 2.71. The van der Waals surface area contributed by atoms with Gasteiger partial charge in [0.15, 0.2) is 0 Å². The molecule has 1 aromatic rings. The monoisotopic (exact) mass is 243 g/mol. The molecule has 0 N–H and O–H groups in total. The Labute approximate surface area is 108 Å².